The highest BCUT2D eigenvalue weighted by atomic mass is 127. The number of likely N-dealkylation sites (tertiary alicyclic amines) is 1. The Labute approximate surface area is 167 Å². The minimum Gasteiger partial charge on any atom is -0.356 e. The molecule has 1 aliphatic carbocycles. The van der Waals surface area contributed by atoms with E-state index in [9.17, 15) is 4.79 Å². The van der Waals surface area contributed by atoms with Crippen molar-refractivity contribution in [1.29, 1.82) is 0 Å². The third kappa shape index (κ3) is 5.09. The summed E-state index contributed by atoms with van der Waals surface area (Å²) in [6.07, 6.45) is 6.44. The maximum Gasteiger partial charge on any atom is 0.221 e. The third-order valence-electron chi connectivity index (χ3n) is 5.33. The number of benzene rings is 1. The molecule has 1 saturated heterocycles. The van der Waals surface area contributed by atoms with Crippen LogP contribution in [0.5, 0.6) is 0 Å². The minimum absolute atomic E-state index is 0. The van der Waals surface area contributed by atoms with Crippen LogP contribution in [-0.2, 0) is 11.2 Å². The second-order valence-corrected chi connectivity index (χ2v) is 7.13. The number of halogens is 1. The summed E-state index contributed by atoms with van der Waals surface area (Å²) in [5.41, 5.74) is 2.69. The largest absolute Gasteiger partial charge is 0.356 e. The lowest BCUT2D eigenvalue weighted by atomic mass is 9.68. The van der Waals surface area contributed by atoms with E-state index in [1.165, 1.54) is 38.2 Å². The molecule has 0 radical (unpaired) electrons. The van der Waals surface area contributed by atoms with Gasteiger partial charge >= 0.3 is 0 Å². The van der Waals surface area contributed by atoms with Gasteiger partial charge in [0.2, 0.25) is 5.91 Å². The van der Waals surface area contributed by atoms with Crippen molar-refractivity contribution in [2.24, 2.45) is 10.4 Å². The van der Waals surface area contributed by atoms with Crippen LogP contribution in [0.2, 0.25) is 0 Å². The lowest BCUT2D eigenvalue weighted by Crippen LogP contribution is -2.43. The van der Waals surface area contributed by atoms with Crippen molar-refractivity contribution >= 4 is 41.5 Å². The topological polar surface area (TPSA) is 56.7 Å². The van der Waals surface area contributed by atoms with Gasteiger partial charge in [0.25, 0.3) is 0 Å². The summed E-state index contributed by atoms with van der Waals surface area (Å²) < 4.78 is 0. The molecule has 0 unspecified atom stereocenters. The average Bonchev–Trinajstić information content (AvgIpc) is 2.98. The van der Waals surface area contributed by atoms with Gasteiger partial charge in [-0.2, -0.15) is 0 Å². The van der Waals surface area contributed by atoms with Crippen LogP contribution in [0, 0.1) is 5.41 Å². The highest BCUT2D eigenvalue weighted by Crippen LogP contribution is 2.47. The zero-order valence-corrected chi connectivity index (χ0v) is 17.5. The van der Waals surface area contributed by atoms with E-state index in [-0.39, 0.29) is 29.9 Å². The van der Waals surface area contributed by atoms with Crippen LogP contribution < -0.4 is 10.6 Å². The predicted molar refractivity (Wildman–Crippen MR) is 114 cm³/mol. The first-order valence-electron chi connectivity index (χ1n) is 8.92. The number of anilines is 1. The molecule has 1 saturated carbocycles. The Morgan fingerprint density at radius 2 is 1.96 bits per heavy atom. The van der Waals surface area contributed by atoms with Crippen molar-refractivity contribution in [3.8, 4) is 0 Å². The van der Waals surface area contributed by atoms with Crippen LogP contribution >= 0.6 is 24.0 Å². The van der Waals surface area contributed by atoms with E-state index in [1.54, 1.807) is 0 Å². The zero-order valence-electron chi connectivity index (χ0n) is 15.2. The quantitative estimate of drug-likeness (QED) is 0.416. The van der Waals surface area contributed by atoms with Gasteiger partial charge in [-0.05, 0) is 48.8 Å². The molecule has 0 bridgehead atoms. The van der Waals surface area contributed by atoms with Crippen LogP contribution in [0.3, 0.4) is 0 Å². The molecule has 1 amide bonds. The summed E-state index contributed by atoms with van der Waals surface area (Å²) >= 11 is 0. The lowest BCUT2D eigenvalue weighted by Gasteiger charge is -2.38. The van der Waals surface area contributed by atoms with E-state index in [4.69, 9.17) is 0 Å². The van der Waals surface area contributed by atoms with Crippen molar-refractivity contribution in [2.75, 3.05) is 32.0 Å². The molecule has 1 aromatic rings. The van der Waals surface area contributed by atoms with E-state index < -0.39 is 0 Å². The summed E-state index contributed by atoms with van der Waals surface area (Å²) in [4.78, 5) is 17.9. The molecule has 1 aliphatic heterocycles. The van der Waals surface area contributed by atoms with Gasteiger partial charge in [0, 0.05) is 39.3 Å². The van der Waals surface area contributed by atoms with E-state index in [1.807, 2.05) is 19.2 Å². The molecule has 25 heavy (non-hydrogen) atoms. The summed E-state index contributed by atoms with van der Waals surface area (Å²) in [6.45, 7) is 4.69. The van der Waals surface area contributed by atoms with Gasteiger partial charge in [0.15, 0.2) is 5.96 Å². The number of aliphatic imine (C=N–C) groups is 1. The van der Waals surface area contributed by atoms with Crippen LogP contribution in [-0.4, -0.2) is 43.4 Å². The molecule has 6 heteroatoms. The fourth-order valence-electron chi connectivity index (χ4n) is 3.81. The molecule has 2 N–H and O–H groups in total. The van der Waals surface area contributed by atoms with E-state index in [0.29, 0.717) is 5.41 Å². The Morgan fingerprint density at radius 1 is 1.24 bits per heavy atom. The van der Waals surface area contributed by atoms with Crippen molar-refractivity contribution in [2.45, 2.75) is 39.0 Å². The number of guanidine groups is 1. The maximum absolute atomic E-state index is 11.0. The first kappa shape index (κ1) is 20.0. The smallest absolute Gasteiger partial charge is 0.221 e. The number of hydrogen-bond donors (Lipinski definition) is 2. The number of carbonyl (C=O) groups is 1. The molecule has 2 fully saturated rings. The molecule has 3 rings (SSSR count). The molecule has 0 atom stereocenters. The molecule has 138 valence electrons. The number of nitrogens with one attached hydrogen (secondary N) is 2. The van der Waals surface area contributed by atoms with Gasteiger partial charge in [0.1, 0.15) is 0 Å². The number of carbonyl (C=O) groups excluding carboxylic acids is 1. The molecule has 1 aromatic carbocycles. The zero-order chi connectivity index (χ0) is 17.0. The summed E-state index contributed by atoms with van der Waals surface area (Å²) in [5.74, 6) is 0.997. The number of hydrogen-bond acceptors (Lipinski definition) is 2. The predicted octanol–water partition coefficient (Wildman–Crippen LogP) is 3.26. The van der Waals surface area contributed by atoms with Gasteiger partial charge in [-0.3, -0.25) is 9.79 Å². The number of rotatable bonds is 4. The fraction of sp³-hybridized carbons (Fsp3) is 0.579. The number of nitrogens with zero attached hydrogens (tertiary/aromatic N) is 2. The molecule has 1 spiro atoms. The normalized spacial score (nSPS) is 18.5. The van der Waals surface area contributed by atoms with Crippen molar-refractivity contribution in [3.63, 3.8) is 0 Å². The summed E-state index contributed by atoms with van der Waals surface area (Å²) in [6, 6.07) is 8.03. The van der Waals surface area contributed by atoms with Crippen molar-refractivity contribution < 1.29 is 4.79 Å². The van der Waals surface area contributed by atoms with E-state index >= 15 is 0 Å². The standard InChI is InChI=1S/C19H28N4O.HI/c1-15(24)22-17-6-4-16(5-7-17)8-12-21-18(20-2)23-13-11-19(14-23)9-3-10-19;/h4-7H,3,8-14H2,1-2H3,(H,20,21)(H,22,24);1H. The fourth-order valence-corrected chi connectivity index (χ4v) is 3.81. The summed E-state index contributed by atoms with van der Waals surface area (Å²) in [5, 5.41) is 6.29. The Morgan fingerprint density at radius 3 is 2.48 bits per heavy atom. The highest BCUT2D eigenvalue weighted by molar-refractivity contribution is 14.0. The Balaban J connectivity index is 0.00000225. The first-order valence-corrected chi connectivity index (χ1v) is 8.92. The second kappa shape index (κ2) is 8.87. The van der Waals surface area contributed by atoms with E-state index in [2.05, 4.69) is 32.7 Å². The van der Waals surface area contributed by atoms with Gasteiger partial charge in [-0.25, -0.2) is 0 Å². The Bertz CT molecular complexity index is 610. The Kier molecular flexibility index (Phi) is 7.10. The van der Waals surface area contributed by atoms with Gasteiger partial charge in [-0.15, -0.1) is 24.0 Å². The van der Waals surface area contributed by atoms with Crippen LogP contribution in [0.1, 0.15) is 38.2 Å². The first-order chi connectivity index (χ1) is 11.6. The van der Waals surface area contributed by atoms with Crippen LogP contribution in [0.25, 0.3) is 0 Å². The minimum atomic E-state index is -0.0388. The summed E-state index contributed by atoms with van der Waals surface area (Å²) in [7, 11) is 1.87. The molecule has 5 nitrogen and oxygen atoms in total. The van der Waals surface area contributed by atoms with Crippen molar-refractivity contribution in [3.05, 3.63) is 29.8 Å². The molecular weight excluding hydrogens is 427 g/mol. The van der Waals surface area contributed by atoms with E-state index in [0.717, 1.165) is 37.7 Å². The lowest BCUT2D eigenvalue weighted by molar-refractivity contribution is -0.114. The SMILES string of the molecule is CN=C(NCCc1ccc(NC(C)=O)cc1)N1CCC2(CCC2)C1.I. The third-order valence-corrected chi connectivity index (χ3v) is 5.33. The van der Waals surface area contributed by atoms with Gasteiger partial charge < -0.3 is 15.5 Å². The van der Waals surface area contributed by atoms with Gasteiger partial charge in [0.05, 0.1) is 0 Å². The molecular formula is C19H29IN4O. The average molecular weight is 456 g/mol. The van der Waals surface area contributed by atoms with Crippen LogP contribution in [0.4, 0.5) is 5.69 Å². The molecule has 0 aromatic heterocycles. The Hall–Kier alpha value is -1.31. The van der Waals surface area contributed by atoms with Gasteiger partial charge in [-0.1, -0.05) is 18.6 Å². The monoisotopic (exact) mass is 456 g/mol. The highest BCUT2D eigenvalue weighted by Gasteiger charge is 2.43. The maximum atomic E-state index is 11.0. The van der Waals surface area contributed by atoms with Crippen molar-refractivity contribution in [1.82, 2.24) is 10.2 Å². The molecule has 2 aliphatic rings. The second-order valence-electron chi connectivity index (χ2n) is 7.13. The van der Waals surface area contributed by atoms with Crippen LogP contribution in [0.15, 0.2) is 29.3 Å². The number of amides is 1. The molecule has 1 heterocycles.